The molecule has 6 aromatic rings. The van der Waals surface area contributed by atoms with E-state index in [4.69, 9.17) is 20.0 Å². The van der Waals surface area contributed by atoms with Crippen molar-refractivity contribution < 1.29 is 24.5 Å². The molecular formula is C28H24N6O5. The smallest absolute Gasteiger partial charge is 0.217 e. The van der Waals surface area contributed by atoms with Crippen LogP contribution in [0.2, 0.25) is 0 Å². The molecule has 0 aliphatic carbocycles. The molecule has 1 fully saturated rings. The first kappa shape index (κ1) is 23.7. The number of imidazole rings is 1. The second kappa shape index (κ2) is 9.40. The molecule has 0 bridgehead atoms. The van der Waals surface area contributed by atoms with Gasteiger partial charge in [0.25, 0.3) is 0 Å². The van der Waals surface area contributed by atoms with Gasteiger partial charge in [-0.2, -0.15) is 0 Å². The first-order chi connectivity index (χ1) is 19.1. The van der Waals surface area contributed by atoms with Gasteiger partial charge in [0.1, 0.15) is 30.2 Å². The van der Waals surface area contributed by atoms with Crippen molar-refractivity contribution >= 4 is 55.5 Å². The van der Waals surface area contributed by atoms with Crippen LogP contribution in [0.25, 0.3) is 43.5 Å². The first-order valence-corrected chi connectivity index (χ1v) is 12.4. The van der Waals surface area contributed by atoms with Crippen molar-refractivity contribution in [3.05, 3.63) is 72.8 Å². The number of hydrogen-bond acceptors (Lipinski definition) is 10. The standard InChI is InChI=1S/C28H24N6O5/c29-26-23-27(31-12-30-26)34(13-32-23)28-25(24(36)20(11-35)39-28)37-14-38-33-10-18-7-6-17-5-4-15-2-1-3-16-8-9-19(18)22(17)21(15)16/h1-10,12-13,20,24-25,28,35-36H,11,14H2,(H2,29,30,31)/t20-,24-,25-,28-/m1/s1. The van der Waals surface area contributed by atoms with Gasteiger partial charge in [-0.3, -0.25) is 4.57 Å². The van der Waals surface area contributed by atoms with Crippen LogP contribution in [0.3, 0.4) is 0 Å². The third kappa shape index (κ3) is 3.82. The van der Waals surface area contributed by atoms with E-state index in [1.54, 1.807) is 10.8 Å². The van der Waals surface area contributed by atoms with Crippen LogP contribution in [0.1, 0.15) is 11.8 Å². The molecule has 0 saturated carbocycles. The number of ether oxygens (including phenoxy) is 2. The Morgan fingerprint density at radius 2 is 1.77 bits per heavy atom. The van der Waals surface area contributed by atoms with E-state index in [-0.39, 0.29) is 12.6 Å². The summed E-state index contributed by atoms with van der Waals surface area (Å²) in [4.78, 5) is 17.9. The van der Waals surface area contributed by atoms with Gasteiger partial charge in [0.05, 0.1) is 19.1 Å². The van der Waals surface area contributed by atoms with Crippen molar-refractivity contribution in [2.45, 2.75) is 24.5 Å². The summed E-state index contributed by atoms with van der Waals surface area (Å²) in [5.41, 5.74) is 7.62. The van der Waals surface area contributed by atoms with E-state index in [1.165, 1.54) is 34.2 Å². The fourth-order valence-electron chi connectivity index (χ4n) is 5.43. The van der Waals surface area contributed by atoms with Crippen molar-refractivity contribution in [2.75, 3.05) is 19.1 Å². The Morgan fingerprint density at radius 1 is 1.00 bits per heavy atom. The van der Waals surface area contributed by atoms with E-state index in [0.717, 1.165) is 16.3 Å². The molecule has 0 amide bonds. The van der Waals surface area contributed by atoms with Gasteiger partial charge in [-0.25, -0.2) is 15.0 Å². The molecular weight excluding hydrogens is 500 g/mol. The molecule has 1 aliphatic heterocycles. The lowest BCUT2D eigenvalue weighted by atomic mass is 9.92. The Morgan fingerprint density at radius 3 is 2.59 bits per heavy atom. The summed E-state index contributed by atoms with van der Waals surface area (Å²) in [6, 6.07) is 18.9. The Hall–Kier alpha value is -4.42. The summed E-state index contributed by atoms with van der Waals surface area (Å²) in [7, 11) is 0. The van der Waals surface area contributed by atoms with E-state index < -0.39 is 31.1 Å². The van der Waals surface area contributed by atoms with Crippen LogP contribution in [0.15, 0.2) is 72.4 Å². The van der Waals surface area contributed by atoms with E-state index in [2.05, 4.69) is 68.6 Å². The lowest BCUT2D eigenvalue weighted by molar-refractivity contribution is -0.137. The van der Waals surface area contributed by atoms with Gasteiger partial charge in [0.2, 0.25) is 6.79 Å². The number of nitrogens with zero attached hydrogens (tertiary/aromatic N) is 5. The van der Waals surface area contributed by atoms with Crippen molar-refractivity contribution in [3.63, 3.8) is 0 Å². The number of anilines is 1. The summed E-state index contributed by atoms with van der Waals surface area (Å²) in [5, 5.41) is 31.6. The molecule has 1 aliphatic rings. The molecule has 0 radical (unpaired) electrons. The second-order valence-electron chi connectivity index (χ2n) is 9.44. The molecule has 3 heterocycles. The summed E-state index contributed by atoms with van der Waals surface area (Å²) < 4.78 is 13.3. The molecule has 4 aromatic carbocycles. The first-order valence-electron chi connectivity index (χ1n) is 12.4. The zero-order valence-corrected chi connectivity index (χ0v) is 20.6. The topological polar surface area (TPSA) is 150 Å². The number of benzene rings is 4. The highest BCUT2D eigenvalue weighted by Crippen LogP contribution is 2.36. The lowest BCUT2D eigenvalue weighted by Crippen LogP contribution is -2.35. The lowest BCUT2D eigenvalue weighted by Gasteiger charge is -2.21. The maximum absolute atomic E-state index is 10.7. The minimum atomic E-state index is -1.12. The SMILES string of the molecule is Nc1ncnc2c1ncn2[C@@H]1O[C@H](CO)[C@@H](O)[C@H]1OCON=Cc1ccc2ccc3cccc4ccc1c2c34. The molecule has 4 atom stereocenters. The maximum Gasteiger partial charge on any atom is 0.217 e. The molecule has 2 aromatic heterocycles. The molecule has 0 spiro atoms. The van der Waals surface area contributed by atoms with Crippen molar-refractivity contribution in [3.8, 4) is 0 Å². The molecule has 0 unspecified atom stereocenters. The van der Waals surface area contributed by atoms with Crippen molar-refractivity contribution in [2.24, 2.45) is 5.16 Å². The van der Waals surface area contributed by atoms with Gasteiger partial charge in [-0.05, 0) is 32.3 Å². The Kier molecular flexibility index (Phi) is 5.71. The number of rotatable bonds is 7. The third-order valence-electron chi connectivity index (χ3n) is 7.30. The fraction of sp³-hybridized carbons (Fsp3) is 0.214. The van der Waals surface area contributed by atoms with E-state index in [1.807, 2.05) is 6.07 Å². The zero-order chi connectivity index (χ0) is 26.5. The Balaban J connectivity index is 1.10. The predicted molar refractivity (Wildman–Crippen MR) is 145 cm³/mol. The van der Waals surface area contributed by atoms with Crippen LogP contribution in [0, 0.1) is 0 Å². The largest absolute Gasteiger partial charge is 0.394 e. The second-order valence-corrected chi connectivity index (χ2v) is 9.44. The van der Waals surface area contributed by atoms with Crippen LogP contribution >= 0.6 is 0 Å². The monoisotopic (exact) mass is 524 g/mol. The number of nitrogen functional groups attached to an aromatic ring is 1. The highest BCUT2D eigenvalue weighted by atomic mass is 16.8. The zero-order valence-electron chi connectivity index (χ0n) is 20.6. The number of aliphatic hydroxyl groups excluding tert-OH is 2. The molecule has 7 rings (SSSR count). The average Bonchev–Trinajstić information content (AvgIpc) is 3.53. The van der Waals surface area contributed by atoms with Crippen LogP contribution in [0.5, 0.6) is 0 Å². The van der Waals surface area contributed by atoms with Gasteiger partial charge in [-0.15, -0.1) is 0 Å². The fourth-order valence-corrected chi connectivity index (χ4v) is 5.43. The van der Waals surface area contributed by atoms with Gasteiger partial charge in [0.15, 0.2) is 17.7 Å². The van der Waals surface area contributed by atoms with Crippen molar-refractivity contribution in [1.82, 2.24) is 19.5 Å². The number of oxime groups is 1. The van der Waals surface area contributed by atoms with Gasteiger partial charge in [0, 0.05) is 5.56 Å². The van der Waals surface area contributed by atoms with Crippen LogP contribution in [-0.4, -0.2) is 67.7 Å². The molecule has 11 heteroatoms. The number of fused-ring (bicyclic) bond motifs is 1. The molecule has 4 N–H and O–H groups in total. The van der Waals surface area contributed by atoms with E-state index >= 15 is 0 Å². The third-order valence-corrected chi connectivity index (χ3v) is 7.30. The predicted octanol–water partition coefficient (Wildman–Crippen LogP) is 2.95. The van der Waals surface area contributed by atoms with Gasteiger partial charge < -0.3 is 30.3 Å². The summed E-state index contributed by atoms with van der Waals surface area (Å²) >= 11 is 0. The number of hydrogen-bond donors (Lipinski definition) is 3. The number of aliphatic hydroxyl groups is 2. The van der Waals surface area contributed by atoms with Crippen LogP contribution in [-0.2, 0) is 14.3 Å². The van der Waals surface area contributed by atoms with Crippen molar-refractivity contribution in [1.29, 1.82) is 0 Å². The highest BCUT2D eigenvalue weighted by molar-refractivity contribution is 6.25. The number of nitrogens with two attached hydrogens (primary N) is 1. The normalized spacial score (nSPS) is 21.8. The maximum atomic E-state index is 10.7. The summed E-state index contributed by atoms with van der Waals surface area (Å²) in [6.07, 6.45) is 0.739. The minimum absolute atomic E-state index is 0.220. The van der Waals surface area contributed by atoms with E-state index in [0.29, 0.717) is 11.2 Å². The summed E-state index contributed by atoms with van der Waals surface area (Å²) in [6.45, 7) is -0.652. The molecule has 1 saturated heterocycles. The van der Waals surface area contributed by atoms with Gasteiger partial charge >= 0.3 is 0 Å². The Bertz CT molecular complexity index is 1820. The van der Waals surface area contributed by atoms with E-state index in [9.17, 15) is 10.2 Å². The minimum Gasteiger partial charge on any atom is -0.394 e. The average molecular weight is 525 g/mol. The molecule has 196 valence electrons. The molecule has 39 heavy (non-hydrogen) atoms. The Labute approximate surface area is 221 Å². The molecule has 11 nitrogen and oxygen atoms in total. The van der Waals surface area contributed by atoms with Crippen LogP contribution < -0.4 is 5.73 Å². The number of aromatic nitrogens is 4. The summed E-state index contributed by atoms with van der Waals surface area (Å²) in [5.74, 6) is 0.220. The quantitative estimate of drug-likeness (QED) is 0.0941. The van der Waals surface area contributed by atoms with Gasteiger partial charge in [-0.1, -0.05) is 59.8 Å². The highest BCUT2D eigenvalue weighted by Gasteiger charge is 2.46. The van der Waals surface area contributed by atoms with Crippen LogP contribution in [0.4, 0.5) is 5.82 Å².